The number of ketones is 1. The third-order valence-electron chi connectivity index (χ3n) is 10.7. The van der Waals surface area contributed by atoms with E-state index in [2.05, 4.69) is 125 Å². The average molecular weight is 597 g/mol. The SMILES string of the molecule is C#Cc1ccc(CC2CCC(C(C(=O)CCc3ccccc3)c3ccc(C4=CC(C)C=C4)cc3)CC2)cc1CC(C)C(C)(C)C. The molecule has 3 aromatic rings. The molecule has 0 spiro atoms. The molecule has 0 amide bonds. The second-order valence-electron chi connectivity index (χ2n) is 15.0. The maximum Gasteiger partial charge on any atom is 0.140 e. The van der Waals surface area contributed by atoms with Gasteiger partial charge in [-0.2, -0.15) is 0 Å². The lowest BCUT2D eigenvalue weighted by molar-refractivity contribution is -0.122. The summed E-state index contributed by atoms with van der Waals surface area (Å²) in [6.45, 7) is 11.5. The van der Waals surface area contributed by atoms with E-state index in [1.807, 2.05) is 6.07 Å². The Hall–Kier alpha value is -3.63. The van der Waals surface area contributed by atoms with Crippen LogP contribution >= 0.6 is 0 Å². The summed E-state index contributed by atoms with van der Waals surface area (Å²) in [7, 11) is 0. The van der Waals surface area contributed by atoms with Crippen LogP contribution in [0.1, 0.15) is 106 Å². The number of allylic oxidation sites excluding steroid dienone is 4. The first kappa shape index (κ1) is 32.8. The Labute approximate surface area is 273 Å². The fourth-order valence-electron chi connectivity index (χ4n) is 7.29. The number of aryl methyl sites for hydroxylation is 1. The van der Waals surface area contributed by atoms with Crippen molar-refractivity contribution in [2.45, 2.75) is 91.9 Å². The maximum absolute atomic E-state index is 14.0. The molecule has 1 saturated carbocycles. The molecule has 1 nitrogen and oxygen atoms in total. The Morgan fingerprint density at radius 1 is 0.933 bits per heavy atom. The first-order chi connectivity index (χ1) is 21.6. The number of carbonyl (C=O) groups is 1. The second-order valence-corrected chi connectivity index (χ2v) is 15.0. The highest BCUT2D eigenvalue weighted by molar-refractivity contribution is 5.86. The number of hydrogen-bond acceptors (Lipinski definition) is 1. The number of benzene rings is 3. The molecule has 2 aliphatic carbocycles. The summed E-state index contributed by atoms with van der Waals surface area (Å²) in [5, 5.41) is 0. The molecule has 0 aliphatic heterocycles. The van der Waals surface area contributed by atoms with Gasteiger partial charge in [-0.05, 0) is 113 Å². The van der Waals surface area contributed by atoms with Crippen LogP contribution in [0, 0.1) is 41.4 Å². The molecule has 0 aromatic heterocycles. The summed E-state index contributed by atoms with van der Waals surface area (Å²) in [4.78, 5) is 14.0. The van der Waals surface area contributed by atoms with Crippen LogP contribution in [0.4, 0.5) is 0 Å². The van der Waals surface area contributed by atoms with Crippen molar-refractivity contribution < 1.29 is 4.79 Å². The first-order valence-electron chi connectivity index (χ1n) is 17.3. The van der Waals surface area contributed by atoms with Crippen molar-refractivity contribution >= 4 is 11.4 Å². The van der Waals surface area contributed by atoms with E-state index in [9.17, 15) is 4.79 Å². The van der Waals surface area contributed by atoms with E-state index in [1.165, 1.54) is 46.2 Å². The van der Waals surface area contributed by atoms with Crippen molar-refractivity contribution in [3.63, 3.8) is 0 Å². The zero-order valence-electron chi connectivity index (χ0n) is 28.2. The molecule has 3 unspecified atom stereocenters. The molecule has 3 atom stereocenters. The summed E-state index contributed by atoms with van der Waals surface area (Å²) in [6.07, 6.45) is 20.8. The third-order valence-corrected chi connectivity index (χ3v) is 10.7. The normalized spacial score (nSPS) is 21.2. The topological polar surface area (TPSA) is 17.1 Å². The lowest BCUT2D eigenvalue weighted by Gasteiger charge is -2.34. The number of hydrogen-bond donors (Lipinski definition) is 0. The predicted molar refractivity (Wildman–Crippen MR) is 191 cm³/mol. The van der Waals surface area contributed by atoms with Gasteiger partial charge in [0.1, 0.15) is 5.78 Å². The quantitative estimate of drug-likeness (QED) is 0.201. The molecule has 0 saturated heterocycles. The van der Waals surface area contributed by atoms with Crippen LogP contribution in [0.5, 0.6) is 0 Å². The van der Waals surface area contributed by atoms with Crippen LogP contribution in [-0.2, 0) is 24.1 Å². The molecule has 2 aliphatic rings. The number of rotatable bonds is 11. The summed E-state index contributed by atoms with van der Waals surface area (Å²) in [5.41, 5.74) is 8.97. The molecule has 3 aromatic carbocycles. The van der Waals surface area contributed by atoms with Crippen molar-refractivity contribution in [3.8, 4) is 12.3 Å². The zero-order chi connectivity index (χ0) is 32.0. The molecule has 234 valence electrons. The van der Waals surface area contributed by atoms with Crippen molar-refractivity contribution in [2.24, 2.45) is 29.1 Å². The predicted octanol–water partition coefficient (Wildman–Crippen LogP) is 10.8. The lowest BCUT2D eigenvalue weighted by Crippen LogP contribution is -2.27. The number of carbonyl (C=O) groups excluding carboxylic acids is 1. The minimum Gasteiger partial charge on any atom is -0.299 e. The van der Waals surface area contributed by atoms with Gasteiger partial charge in [0.2, 0.25) is 0 Å². The molecule has 0 N–H and O–H groups in total. The van der Waals surface area contributed by atoms with Gasteiger partial charge in [-0.1, -0.05) is 125 Å². The standard InChI is InChI=1S/C44H52O/c1-7-36-19-16-35(30-41(36)28-32(3)44(4,5)6)29-34-14-20-38(21-15-34)43(42(45)26-17-33-11-9-8-10-12-33)39-24-22-37(23-25-39)40-18-13-31(2)27-40/h1,8-13,16,18-19,22-25,27,30-32,34,38,43H,14-15,17,20-21,26,28-29H2,2-6H3. The first-order valence-corrected chi connectivity index (χ1v) is 17.3. The summed E-state index contributed by atoms with van der Waals surface area (Å²) in [5.74, 6) is 5.37. The van der Waals surface area contributed by atoms with Gasteiger partial charge < -0.3 is 0 Å². The number of terminal acetylenes is 1. The van der Waals surface area contributed by atoms with Gasteiger partial charge in [-0.3, -0.25) is 4.79 Å². The van der Waals surface area contributed by atoms with E-state index in [4.69, 9.17) is 6.42 Å². The smallest absolute Gasteiger partial charge is 0.140 e. The van der Waals surface area contributed by atoms with Crippen LogP contribution in [0.2, 0.25) is 0 Å². The average Bonchev–Trinajstić information content (AvgIpc) is 3.47. The largest absolute Gasteiger partial charge is 0.299 e. The van der Waals surface area contributed by atoms with Crippen LogP contribution in [0.3, 0.4) is 0 Å². The van der Waals surface area contributed by atoms with Crippen molar-refractivity contribution in [3.05, 3.63) is 124 Å². The Morgan fingerprint density at radius 2 is 1.64 bits per heavy atom. The summed E-state index contributed by atoms with van der Waals surface area (Å²) < 4.78 is 0. The summed E-state index contributed by atoms with van der Waals surface area (Å²) in [6, 6.07) is 26.2. The zero-order valence-corrected chi connectivity index (χ0v) is 28.2. The molecule has 0 radical (unpaired) electrons. The molecule has 1 heteroatoms. The number of Topliss-reactive ketones (excluding diaryl/α,β-unsaturated/α-hetero) is 1. The molecule has 0 heterocycles. The Balaban J connectivity index is 1.28. The monoisotopic (exact) mass is 596 g/mol. The van der Waals surface area contributed by atoms with Crippen LogP contribution in [-0.4, -0.2) is 5.78 Å². The van der Waals surface area contributed by atoms with Gasteiger partial charge in [-0.15, -0.1) is 6.42 Å². The van der Waals surface area contributed by atoms with Gasteiger partial charge in [0.25, 0.3) is 0 Å². The highest BCUT2D eigenvalue weighted by Gasteiger charge is 2.33. The fraction of sp³-hybridized carbons (Fsp3) is 0.432. The van der Waals surface area contributed by atoms with Crippen LogP contribution in [0.15, 0.2) is 91.0 Å². The van der Waals surface area contributed by atoms with E-state index in [0.29, 0.717) is 35.9 Å². The van der Waals surface area contributed by atoms with E-state index >= 15 is 0 Å². The van der Waals surface area contributed by atoms with Crippen molar-refractivity contribution in [1.29, 1.82) is 0 Å². The second kappa shape index (κ2) is 14.6. The third kappa shape index (κ3) is 8.55. The molecule has 5 rings (SSSR count). The van der Waals surface area contributed by atoms with E-state index < -0.39 is 0 Å². The minimum atomic E-state index is -0.0314. The van der Waals surface area contributed by atoms with Crippen molar-refractivity contribution in [2.75, 3.05) is 0 Å². The van der Waals surface area contributed by atoms with Gasteiger partial charge in [-0.25, -0.2) is 0 Å². The van der Waals surface area contributed by atoms with Gasteiger partial charge >= 0.3 is 0 Å². The lowest BCUT2D eigenvalue weighted by atomic mass is 9.70. The Morgan fingerprint density at radius 3 is 2.27 bits per heavy atom. The van der Waals surface area contributed by atoms with Crippen molar-refractivity contribution in [1.82, 2.24) is 0 Å². The van der Waals surface area contributed by atoms with Crippen LogP contribution < -0.4 is 0 Å². The molecule has 1 fully saturated rings. The molecular weight excluding hydrogens is 544 g/mol. The highest BCUT2D eigenvalue weighted by atomic mass is 16.1. The minimum absolute atomic E-state index is 0.0314. The molecular formula is C44H52O. The van der Waals surface area contributed by atoms with E-state index in [0.717, 1.165) is 37.7 Å². The van der Waals surface area contributed by atoms with E-state index in [-0.39, 0.29) is 11.3 Å². The van der Waals surface area contributed by atoms with Gasteiger partial charge in [0, 0.05) is 17.9 Å². The molecule has 45 heavy (non-hydrogen) atoms. The summed E-state index contributed by atoms with van der Waals surface area (Å²) >= 11 is 0. The van der Waals surface area contributed by atoms with Gasteiger partial charge in [0.15, 0.2) is 0 Å². The fourth-order valence-corrected chi connectivity index (χ4v) is 7.29. The Bertz CT molecular complexity index is 1530. The van der Waals surface area contributed by atoms with E-state index in [1.54, 1.807) is 0 Å². The van der Waals surface area contributed by atoms with Gasteiger partial charge in [0.05, 0.1) is 0 Å². The maximum atomic E-state index is 14.0. The van der Waals surface area contributed by atoms with Crippen LogP contribution in [0.25, 0.3) is 5.57 Å². The highest BCUT2D eigenvalue weighted by Crippen LogP contribution is 2.41. The Kier molecular flexibility index (Phi) is 10.7. The molecule has 0 bridgehead atoms.